The summed E-state index contributed by atoms with van der Waals surface area (Å²) in [6, 6.07) is 3.75. The summed E-state index contributed by atoms with van der Waals surface area (Å²) < 4.78 is 4.77. The van der Waals surface area contributed by atoms with E-state index in [4.69, 9.17) is 4.52 Å². The van der Waals surface area contributed by atoms with Crippen molar-refractivity contribution in [2.24, 2.45) is 0 Å². The minimum Gasteiger partial charge on any atom is -0.331 e. The summed E-state index contributed by atoms with van der Waals surface area (Å²) in [4.78, 5) is 18.8. The summed E-state index contributed by atoms with van der Waals surface area (Å²) >= 11 is 0. The first kappa shape index (κ1) is 9.51. The third kappa shape index (κ3) is 2.25. The van der Waals surface area contributed by atoms with Gasteiger partial charge in [0.15, 0.2) is 5.82 Å². The average Bonchev–Trinajstić information content (AvgIpc) is 2.68. The summed E-state index contributed by atoms with van der Waals surface area (Å²) in [5.74, 6) is 0.321. The molecule has 0 unspecified atom stereocenters. The van der Waals surface area contributed by atoms with E-state index >= 15 is 0 Å². The van der Waals surface area contributed by atoms with Gasteiger partial charge < -0.3 is 4.52 Å². The molecule has 2 rings (SSSR count). The molecule has 0 aliphatic rings. The quantitative estimate of drug-likeness (QED) is 0.702. The predicted molar refractivity (Wildman–Crippen MR) is 51.3 cm³/mol. The molecule has 0 atom stereocenters. The number of pyridine rings is 1. The lowest BCUT2D eigenvalue weighted by Gasteiger charge is -1.92. The number of hydrogen-bond donors (Lipinski definition) is 0. The molecule has 0 aromatic carbocycles. The van der Waals surface area contributed by atoms with E-state index in [2.05, 4.69) is 15.1 Å². The molecule has 0 radical (unpaired) electrons. The van der Waals surface area contributed by atoms with Crippen molar-refractivity contribution in [1.29, 1.82) is 0 Å². The van der Waals surface area contributed by atoms with Crippen LogP contribution in [0.2, 0.25) is 0 Å². The van der Waals surface area contributed by atoms with Crippen molar-refractivity contribution in [1.82, 2.24) is 15.1 Å². The van der Waals surface area contributed by atoms with Crippen LogP contribution in [0.15, 0.2) is 29.0 Å². The van der Waals surface area contributed by atoms with E-state index in [1.165, 1.54) is 6.92 Å². The van der Waals surface area contributed by atoms with Gasteiger partial charge in [-0.1, -0.05) is 11.2 Å². The lowest BCUT2D eigenvalue weighted by molar-refractivity contribution is 0.0972. The van der Waals surface area contributed by atoms with Gasteiger partial charge >= 0.3 is 0 Å². The van der Waals surface area contributed by atoms with Gasteiger partial charge in [-0.25, -0.2) is 0 Å². The summed E-state index contributed by atoms with van der Waals surface area (Å²) in [6.07, 6.45) is 3.94. The van der Waals surface area contributed by atoms with Crippen molar-refractivity contribution >= 4 is 5.78 Å². The van der Waals surface area contributed by atoms with Crippen LogP contribution >= 0.6 is 0 Å². The molecule has 0 aliphatic carbocycles. The molecule has 0 aliphatic heterocycles. The average molecular weight is 203 g/mol. The molecule has 0 saturated heterocycles. The Morgan fingerprint density at radius 1 is 1.53 bits per heavy atom. The van der Waals surface area contributed by atoms with E-state index < -0.39 is 0 Å². The Kier molecular flexibility index (Phi) is 2.53. The van der Waals surface area contributed by atoms with Crippen molar-refractivity contribution in [3.8, 4) is 0 Å². The van der Waals surface area contributed by atoms with Crippen LogP contribution in [0.5, 0.6) is 0 Å². The highest BCUT2D eigenvalue weighted by Gasteiger charge is 2.10. The van der Waals surface area contributed by atoms with Crippen molar-refractivity contribution in [3.05, 3.63) is 41.8 Å². The van der Waals surface area contributed by atoms with Gasteiger partial charge in [-0.05, 0) is 11.6 Å². The minimum absolute atomic E-state index is 0.0499. The maximum Gasteiger partial charge on any atom is 0.293 e. The molecule has 2 aromatic heterocycles. The topological polar surface area (TPSA) is 68.9 Å². The number of Topliss-reactive ketones (excluding diaryl/α,β-unsaturated/α-hetero) is 1. The zero-order valence-corrected chi connectivity index (χ0v) is 8.17. The fraction of sp³-hybridized carbons (Fsp3) is 0.200. The number of carbonyl (C=O) groups is 1. The SMILES string of the molecule is CC(=O)c1nc(Cc2cccnc2)no1. The molecular formula is C10H9N3O2. The Hall–Kier alpha value is -2.04. The third-order valence-corrected chi connectivity index (χ3v) is 1.85. The Balaban J connectivity index is 2.15. The Morgan fingerprint density at radius 2 is 2.40 bits per heavy atom. The van der Waals surface area contributed by atoms with Crippen LogP contribution in [0.1, 0.15) is 29.0 Å². The van der Waals surface area contributed by atoms with E-state index in [1.54, 1.807) is 12.4 Å². The minimum atomic E-state index is -0.222. The second-order valence-corrected chi connectivity index (χ2v) is 3.11. The van der Waals surface area contributed by atoms with Crippen molar-refractivity contribution in [2.75, 3.05) is 0 Å². The summed E-state index contributed by atoms with van der Waals surface area (Å²) in [5, 5.41) is 3.70. The van der Waals surface area contributed by atoms with Crippen LogP contribution in [0.25, 0.3) is 0 Å². The van der Waals surface area contributed by atoms with Gasteiger partial charge in [0.25, 0.3) is 5.89 Å². The Bertz CT molecular complexity index is 465. The standard InChI is InChI=1S/C10H9N3O2/c1-7(14)10-12-9(13-15-10)5-8-3-2-4-11-6-8/h2-4,6H,5H2,1H3. The zero-order valence-electron chi connectivity index (χ0n) is 8.17. The third-order valence-electron chi connectivity index (χ3n) is 1.85. The van der Waals surface area contributed by atoms with E-state index in [0.29, 0.717) is 12.2 Å². The number of carbonyl (C=O) groups excluding carboxylic acids is 1. The van der Waals surface area contributed by atoms with Crippen LogP contribution in [0.4, 0.5) is 0 Å². The summed E-state index contributed by atoms with van der Waals surface area (Å²) in [7, 11) is 0. The lowest BCUT2D eigenvalue weighted by Crippen LogP contribution is -1.94. The molecule has 0 fully saturated rings. The van der Waals surface area contributed by atoms with Gasteiger partial charge in [0, 0.05) is 25.7 Å². The van der Waals surface area contributed by atoms with Crippen LogP contribution in [-0.2, 0) is 6.42 Å². The van der Waals surface area contributed by atoms with Gasteiger partial charge in [-0.2, -0.15) is 4.98 Å². The normalized spacial score (nSPS) is 10.2. The highest BCUT2D eigenvalue weighted by Crippen LogP contribution is 2.05. The van der Waals surface area contributed by atoms with Gasteiger partial charge in [0.05, 0.1) is 0 Å². The molecule has 2 heterocycles. The molecule has 5 heteroatoms. The van der Waals surface area contributed by atoms with Gasteiger partial charge in [-0.3, -0.25) is 9.78 Å². The second kappa shape index (κ2) is 4.00. The molecule has 5 nitrogen and oxygen atoms in total. The highest BCUT2D eigenvalue weighted by molar-refractivity contribution is 5.89. The van der Waals surface area contributed by atoms with Crippen LogP contribution in [-0.4, -0.2) is 20.9 Å². The summed E-state index contributed by atoms with van der Waals surface area (Å²) in [6.45, 7) is 1.39. The first-order valence-electron chi connectivity index (χ1n) is 4.48. The van der Waals surface area contributed by atoms with E-state index in [1.807, 2.05) is 12.1 Å². The highest BCUT2D eigenvalue weighted by atomic mass is 16.5. The van der Waals surface area contributed by atoms with Crippen molar-refractivity contribution < 1.29 is 9.32 Å². The molecule has 0 saturated carbocycles. The fourth-order valence-corrected chi connectivity index (χ4v) is 1.15. The van der Waals surface area contributed by atoms with Crippen LogP contribution in [0, 0.1) is 0 Å². The summed E-state index contributed by atoms with van der Waals surface area (Å²) in [5.41, 5.74) is 0.980. The lowest BCUT2D eigenvalue weighted by atomic mass is 10.2. The van der Waals surface area contributed by atoms with Gasteiger partial charge in [0.1, 0.15) is 0 Å². The smallest absolute Gasteiger partial charge is 0.293 e. The van der Waals surface area contributed by atoms with Gasteiger partial charge in [0.2, 0.25) is 5.78 Å². The monoisotopic (exact) mass is 203 g/mol. The maximum atomic E-state index is 10.9. The number of aromatic nitrogens is 3. The molecule has 76 valence electrons. The Labute approximate surface area is 86.1 Å². The largest absolute Gasteiger partial charge is 0.331 e. The molecule has 0 N–H and O–H groups in total. The second-order valence-electron chi connectivity index (χ2n) is 3.11. The van der Waals surface area contributed by atoms with Crippen LogP contribution in [0.3, 0.4) is 0 Å². The molecular weight excluding hydrogens is 194 g/mol. The molecule has 0 spiro atoms. The maximum absolute atomic E-state index is 10.9. The van der Waals surface area contributed by atoms with Crippen molar-refractivity contribution in [2.45, 2.75) is 13.3 Å². The molecule has 0 bridgehead atoms. The van der Waals surface area contributed by atoms with E-state index in [-0.39, 0.29) is 11.7 Å². The van der Waals surface area contributed by atoms with E-state index in [0.717, 1.165) is 5.56 Å². The molecule has 15 heavy (non-hydrogen) atoms. The van der Waals surface area contributed by atoms with Gasteiger partial charge in [-0.15, -0.1) is 0 Å². The fourth-order valence-electron chi connectivity index (χ4n) is 1.15. The number of hydrogen-bond acceptors (Lipinski definition) is 5. The van der Waals surface area contributed by atoms with Crippen molar-refractivity contribution in [3.63, 3.8) is 0 Å². The first-order chi connectivity index (χ1) is 7.25. The Morgan fingerprint density at radius 3 is 3.00 bits per heavy atom. The molecule has 0 amide bonds. The van der Waals surface area contributed by atoms with E-state index in [9.17, 15) is 4.79 Å². The number of ketones is 1. The zero-order chi connectivity index (χ0) is 10.7. The van der Waals surface area contributed by atoms with Crippen LogP contribution < -0.4 is 0 Å². The molecule has 2 aromatic rings. The number of rotatable bonds is 3. The predicted octanol–water partition coefficient (Wildman–Crippen LogP) is 1.26. The first-order valence-corrected chi connectivity index (χ1v) is 4.48. The number of nitrogens with zero attached hydrogens (tertiary/aromatic N) is 3.